The van der Waals surface area contributed by atoms with Gasteiger partial charge in [0.05, 0.1) is 11.6 Å². The number of hydrogen-bond acceptors (Lipinski definition) is 2. The van der Waals surface area contributed by atoms with E-state index in [0.29, 0.717) is 5.88 Å². The van der Waals surface area contributed by atoms with Gasteiger partial charge in [-0.1, -0.05) is 6.07 Å². The number of fused-ring (bicyclic) bond motifs is 1. The van der Waals surface area contributed by atoms with Crippen LogP contribution in [0.3, 0.4) is 0 Å². The zero-order valence-electron chi connectivity index (χ0n) is 11.2. The van der Waals surface area contributed by atoms with Crippen LogP contribution in [0.25, 0.3) is 16.9 Å². The van der Waals surface area contributed by atoms with E-state index in [-0.39, 0.29) is 0 Å². The van der Waals surface area contributed by atoms with Crippen molar-refractivity contribution in [1.82, 2.24) is 14.5 Å². The van der Waals surface area contributed by atoms with E-state index in [4.69, 9.17) is 11.6 Å². The summed E-state index contributed by atoms with van der Waals surface area (Å²) in [7, 11) is 0. The summed E-state index contributed by atoms with van der Waals surface area (Å²) in [4.78, 5) is 9.16. The number of hydrogen-bond donors (Lipinski definition) is 0. The molecule has 0 atom stereocenters. The van der Waals surface area contributed by atoms with E-state index in [2.05, 4.69) is 51.0 Å². The van der Waals surface area contributed by atoms with Crippen molar-refractivity contribution < 1.29 is 0 Å². The molecular weight excluding hydrogens is 338 g/mol. The van der Waals surface area contributed by atoms with Gasteiger partial charge in [0.1, 0.15) is 11.3 Å². The fourth-order valence-electron chi connectivity index (χ4n) is 2.23. The first kappa shape index (κ1) is 13.6. The molecule has 0 N–H and O–H groups in total. The van der Waals surface area contributed by atoms with Crippen LogP contribution in [-0.2, 0) is 5.88 Å². The molecule has 0 fully saturated rings. The van der Waals surface area contributed by atoms with Crippen LogP contribution in [0.2, 0.25) is 0 Å². The molecule has 0 amide bonds. The van der Waals surface area contributed by atoms with E-state index in [1.54, 1.807) is 0 Å². The van der Waals surface area contributed by atoms with Crippen molar-refractivity contribution in [3.8, 4) is 5.69 Å². The highest BCUT2D eigenvalue weighted by Gasteiger charge is 2.15. The minimum Gasteiger partial charge on any atom is -0.279 e. The van der Waals surface area contributed by atoms with E-state index in [1.165, 1.54) is 5.56 Å². The molecule has 2 heterocycles. The minimum atomic E-state index is 0.343. The Bertz CT molecular complexity index is 795. The molecule has 5 heteroatoms. The summed E-state index contributed by atoms with van der Waals surface area (Å²) >= 11 is 9.67. The van der Waals surface area contributed by atoms with Crippen LogP contribution in [-0.4, -0.2) is 14.5 Å². The molecule has 3 nitrogen and oxygen atoms in total. The van der Waals surface area contributed by atoms with Crippen LogP contribution >= 0.6 is 27.5 Å². The number of aromatic nitrogens is 3. The van der Waals surface area contributed by atoms with Crippen molar-refractivity contribution in [2.24, 2.45) is 0 Å². The number of imidazole rings is 1. The molecule has 0 spiro atoms. The predicted molar refractivity (Wildman–Crippen MR) is 85.6 cm³/mol. The summed E-state index contributed by atoms with van der Waals surface area (Å²) < 4.78 is 3.02. The lowest BCUT2D eigenvalue weighted by molar-refractivity contribution is 0.961. The smallest absolute Gasteiger partial charge is 0.164 e. The molecule has 0 radical (unpaired) electrons. The van der Waals surface area contributed by atoms with Gasteiger partial charge in [-0.2, -0.15) is 0 Å². The number of pyridine rings is 1. The lowest BCUT2D eigenvalue weighted by Crippen LogP contribution is -2.02. The van der Waals surface area contributed by atoms with Crippen molar-refractivity contribution in [3.05, 3.63) is 51.9 Å². The molecule has 0 aliphatic carbocycles. The van der Waals surface area contributed by atoms with Gasteiger partial charge in [0.15, 0.2) is 5.65 Å². The number of benzene rings is 1. The normalized spacial score (nSPS) is 11.2. The molecule has 1 aromatic carbocycles. The minimum absolute atomic E-state index is 0.343. The Balaban J connectivity index is 2.36. The molecule has 0 bridgehead atoms. The van der Waals surface area contributed by atoms with E-state index in [0.717, 1.165) is 32.8 Å². The maximum Gasteiger partial charge on any atom is 0.164 e. The maximum atomic E-state index is 6.05. The summed E-state index contributed by atoms with van der Waals surface area (Å²) in [5, 5.41) is 0. The Labute approximate surface area is 130 Å². The average Bonchev–Trinajstić information content (AvgIpc) is 2.76. The van der Waals surface area contributed by atoms with Crippen LogP contribution in [0, 0.1) is 13.8 Å². The summed E-state index contributed by atoms with van der Waals surface area (Å²) in [6, 6.07) is 10.1. The van der Waals surface area contributed by atoms with Crippen LogP contribution in [0.15, 0.2) is 34.8 Å². The van der Waals surface area contributed by atoms with Crippen LogP contribution in [0.5, 0.6) is 0 Å². The molecule has 2 aromatic heterocycles. The van der Waals surface area contributed by atoms with Gasteiger partial charge in [-0.05, 0) is 59.6 Å². The fraction of sp³-hybridized carbons (Fsp3) is 0.200. The van der Waals surface area contributed by atoms with Crippen molar-refractivity contribution >= 4 is 38.7 Å². The average molecular weight is 351 g/mol. The zero-order valence-corrected chi connectivity index (χ0v) is 13.5. The van der Waals surface area contributed by atoms with Crippen molar-refractivity contribution in [1.29, 1.82) is 0 Å². The predicted octanol–water partition coefficient (Wildman–Crippen LogP) is 4.54. The second-order valence-electron chi connectivity index (χ2n) is 4.75. The third-order valence-electron chi connectivity index (χ3n) is 3.18. The third-order valence-corrected chi connectivity index (χ3v) is 4.05. The van der Waals surface area contributed by atoms with Crippen LogP contribution in [0.1, 0.15) is 17.1 Å². The molecule has 0 saturated heterocycles. The van der Waals surface area contributed by atoms with Gasteiger partial charge in [-0.3, -0.25) is 4.57 Å². The van der Waals surface area contributed by atoms with Gasteiger partial charge in [0, 0.05) is 10.2 Å². The number of rotatable bonds is 2. The van der Waals surface area contributed by atoms with Gasteiger partial charge in [0.25, 0.3) is 0 Å². The second-order valence-corrected chi connectivity index (χ2v) is 5.87. The molecule has 20 heavy (non-hydrogen) atoms. The summed E-state index contributed by atoms with van der Waals surface area (Å²) in [6.45, 7) is 4.03. The number of nitrogens with zero attached hydrogens (tertiary/aromatic N) is 3. The first-order valence-corrected chi connectivity index (χ1v) is 7.60. The Hall–Kier alpha value is -1.39. The fourth-order valence-corrected chi connectivity index (χ4v) is 3.08. The van der Waals surface area contributed by atoms with Gasteiger partial charge in [-0.25, -0.2) is 9.97 Å². The van der Waals surface area contributed by atoms with Crippen molar-refractivity contribution in [2.45, 2.75) is 19.7 Å². The highest BCUT2D eigenvalue weighted by Crippen LogP contribution is 2.28. The Morgan fingerprint density at radius 1 is 1.15 bits per heavy atom. The first-order valence-electron chi connectivity index (χ1n) is 6.27. The summed E-state index contributed by atoms with van der Waals surface area (Å²) in [6.07, 6.45) is 0. The molecule has 102 valence electrons. The Morgan fingerprint density at radius 3 is 2.65 bits per heavy atom. The summed E-state index contributed by atoms with van der Waals surface area (Å²) in [5.41, 5.74) is 4.86. The molecule has 0 aliphatic rings. The molecule has 3 aromatic rings. The quantitative estimate of drug-likeness (QED) is 0.635. The molecular formula is C15H13BrClN3. The Morgan fingerprint density at radius 2 is 1.95 bits per heavy atom. The monoisotopic (exact) mass is 349 g/mol. The topological polar surface area (TPSA) is 30.7 Å². The number of aryl methyl sites for hydroxylation is 2. The number of halogens is 2. The maximum absolute atomic E-state index is 6.05. The molecule has 0 unspecified atom stereocenters. The highest BCUT2D eigenvalue weighted by atomic mass is 79.9. The van der Waals surface area contributed by atoms with Gasteiger partial charge >= 0.3 is 0 Å². The Kier molecular flexibility index (Phi) is 3.52. The standard InChI is InChI=1S/C15H13BrClN3/c1-9-3-6-13(11(16)7-9)20-14(8-17)19-12-5-4-10(2)18-15(12)20/h3-7H,8H2,1-2H3. The van der Waals surface area contributed by atoms with E-state index in [9.17, 15) is 0 Å². The van der Waals surface area contributed by atoms with E-state index in [1.807, 2.05) is 23.6 Å². The molecule has 0 saturated carbocycles. The highest BCUT2D eigenvalue weighted by molar-refractivity contribution is 9.10. The van der Waals surface area contributed by atoms with Crippen molar-refractivity contribution in [2.75, 3.05) is 0 Å². The molecule has 0 aliphatic heterocycles. The second kappa shape index (κ2) is 5.19. The van der Waals surface area contributed by atoms with Gasteiger partial charge < -0.3 is 0 Å². The third kappa shape index (κ3) is 2.23. The van der Waals surface area contributed by atoms with Crippen molar-refractivity contribution in [3.63, 3.8) is 0 Å². The number of alkyl halides is 1. The van der Waals surface area contributed by atoms with Gasteiger partial charge in [-0.15, -0.1) is 11.6 Å². The van der Waals surface area contributed by atoms with Crippen LogP contribution < -0.4 is 0 Å². The lowest BCUT2D eigenvalue weighted by atomic mass is 10.2. The van der Waals surface area contributed by atoms with Crippen LogP contribution in [0.4, 0.5) is 0 Å². The van der Waals surface area contributed by atoms with E-state index < -0.39 is 0 Å². The zero-order chi connectivity index (χ0) is 14.3. The first-order chi connectivity index (χ1) is 9.60. The SMILES string of the molecule is Cc1ccc(-n2c(CCl)nc3ccc(C)nc32)c(Br)c1. The summed E-state index contributed by atoms with van der Waals surface area (Å²) in [5.74, 6) is 1.14. The van der Waals surface area contributed by atoms with E-state index >= 15 is 0 Å². The largest absolute Gasteiger partial charge is 0.279 e. The lowest BCUT2D eigenvalue weighted by Gasteiger charge is -2.10. The van der Waals surface area contributed by atoms with Gasteiger partial charge in [0.2, 0.25) is 0 Å². The molecule has 3 rings (SSSR count).